The van der Waals surface area contributed by atoms with Gasteiger partial charge in [0.2, 0.25) is 0 Å². The molecule has 4 heteroatoms. The molecule has 0 aromatic rings. The van der Waals surface area contributed by atoms with Crippen LogP contribution < -0.4 is 5.32 Å². The summed E-state index contributed by atoms with van der Waals surface area (Å²) >= 11 is 0. The van der Waals surface area contributed by atoms with E-state index in [-0.39, 0.29) is 11.5 Å². The van der Waals surface area contributed by atoms with Crippen LogP contribution in [0.1, 0.15) is 103 Å². The molecule has 0 atom stereocenters. The minimum atomic E-state index is -0.120. The summed E-state index contributed by atoms with van der Waals surface area (Å²) in [6.07, 6.45) is 21.7. The van der Waals surface area contributed by atoms with E-state index in [1.54, 1.807) is 11.1 Å². The van der Waals surface area contributed by atoms with Gasteiger partial charge in [-0.3, -0.25) is 4.79 Å². The van der Waals surface area contributed by atoms with E-state index in [2.05, 4.69) is 11.4 Å². The molecule has 0 unspecified atom stereocenters. The van der Waals surface area contributed by atoms with E-state index in [9.17, 15) is 10.1 Å². The molecule has 4 nitrogen and oxygen atoms in total. The molecular weight excluding hydrogens is 334 g/mol. The second kappa shape index (κ2) is 12.8. The highest BCUT2D eigenvalue weighted by Gasteiger charge is 2.24. The number of nitriles is 1. The maximum atomic E-state index is 12.7. The monoisotopic (exact) mass is 373 g/mol. The van der Waals surface area contributed by atoms with Gasteiger partial charge in [0.15, 0.2) is 0 Å². The average molecular weight is 374 g/mol. The zero-order valence-electron chi connectivity index (χ0n) is 17.3. The van der Waals surface area contributed by atoms with Crippen LogP contribution in [0.2, 0.25) is 0 Å². The van der Waals surface area contributed by atoms with Crippen molar-refractivity contribution in [2.24, 2.45) is 0 Å². The number of likely N-dealkylation sites (N-methyl/N-ethyl adjacent to an activating group) is 1. The van der Waals surface area contributed by atoms with Gasteiger partial charge in [0, 0.05) is 25.3 Å². The van der Waals surface area contributed by atoms with Crippen molar-refractivity contribution in [3.8, 4) is 6.07 Å². The van der Waals surface area contributed by atoms with Crippen LogP contribution in [0.5, 0.6) is 0 Å². The first-order chi connectivity index (χ1) is 13.2. The first kappa shape index (κ1) is 21.8. The first-order valence-corrected chi connectivity index (χ1v) is 11.4. The van der Waals surface area contributed by atoms with E-state index < -0.39 is 0 Å². The molecule has 2 saturated carbocycles. The fourth-order valence-electron chi connectivity index (χ4n) is 4.50. The minimum absolute atomic E-state index is 0.120. The molecular formula is C23H39N3O. The lowest BCUT2D eigenvalue weighted by atomic mass is 9.94. The SMILES string of the molecule is CN(C(=O)/C(C#N)=C\NC1CCCCCCCCCCC1)C1CCCCC1. The largest absolute Gasteiger partial charge is 0.387 e. The number of nitrogens with zero attached hydrogens (tertiary/aromatic N) is 2. The Labute approximate surface area is 166 Å². The molecule has 2 fully saturated rings. The predicted octanol–water partition coefficient (Wildman–Crippen LogP) is 5.45. The molecule has 152 valence electrons. The molecule has 2 aliphatic carbocycles. The molecule has 0 bridgehead atoms. The smallest absolute Gasteiger partial charge is 0.265 e. The van der Waals surface area contributed by atoms with Gasteiger partial charge < -0.3 is 10.2 Å². The standard InChI is InChI=1S/C23H39N3O/c1-26(22-16-12-9-13-17-22)23(27)20(18-24)19-25-21-14-10-7-5-3-2-4-6-8-11-15-21/h19,21-22,25H,2-17H2,1H3/b20-19-. The molecule has 0 spiro atoms. The third-order valence-corrected chi connectivity index (χ3v) is 6.36. The van der Waals surface area contributed by atoms with Crippen molar-refractivity contribution in [2.45, 2.75) is 115 Å². The van der Waals surface area contributed by atoms with E-state index >= 15 is 0 Å². The summed E-state index contributed by atoms with van der Waals surface area (Å²) in [5.41, 5.74) is 0.259. The second-order valence-corrected chi connectivity index (χ2v) is 8.50. The molecule has 0 aromatic carbocycles. The number of amides is 1. The highest BCUT2D eigenvalue weighted by molar-refractivity contribution is 5.97. The van der Waals surface area contributed by atoms with Gasteiger partial charge in [-0.25, -0.2) is 0 Å². The first-order valence-electron chi connectivity index (χ1n) is 11.4. The van der Waals surface area contributed by atoms with Crippen LogP contribution >= 0.6 is 0 Å². The summed E-state index contributed by atoms with van der Waals surface area (Å²) in [4.78, 5) is 14.6. The van der Waals surface area contributed by atoms with Crippen LogP contribution in [0.15, 0.2) is 11.8 Å². The van der Waals surface area contributed by atoms with Crippen molar-refractivity contribution in [2.75, 3.05) is 7.05 Å². The van der Waals surface area contributed by atoms with Crippen molar-refractivity contribution in [3.63, 3.8) is 0 Å². The normalized spacial score (nSPS) is 22.1. The van der Waals surface area contributed by atoms with Crippen molar-refractivity contribution in [3.05, 3.63) is 11.8 Å². The van der Waals surface area contributed by atoms with Gasteiger partial charge >= 0.3 is 0 Å². The molecule has 0 aromatic heterocycles. The Morgan fingerprint density at radius 1 is 0.852 bits per heavy atom. The van der Waals surface area contributed by atoms with Crippen LogP contribution in [0.3, 0.4) is 0 Å². The zero-order valence-corrected chi connectivity index (χ0v) is 17.3. The van der Waals surface area contributed by atoms with Crippen LogP contribution in [-0.4, -0.2) is 29.9 Å². The lowest BCUT2D eigenvalue weighted by molar-refractivity contribution is -0.128. The lowest BCUT2D eigenvalue weighted by Crippen LogP contribution is -2.39. The van der Waals surface area contributed by atoms with Crippen molar-refractivity contribution >= 4 is 5.91 Å². The van der Waals surface area contributed by atoms with E-state index in [0.717, 1.165) is 25.7 Å². The van der Waals surface area contributed by atoms with Gasteiger partial charge in [0.25, 0.3) is 5.91 Å². The summed E-state index contributed by atoms with van der Waals surface area (Å²) in [6.45, 7) is 0. The molecule has 1 N–H and O–H groups in total. The minimum Gasteiger partial charge on any atom is -0.387 e. The highest BCUT2D eigenvalue weighted by Crippen LogP contribution is 2.23. The molecule has 1 amide bonds. The van der Waals surface area contributed by atoms with Gasteiger partial charge in [-0.1, -0.05) is 77.0 Å². The zero-order chi connectivity index (χ0) is 19.3. The van der Waals surface area contributed by atoms with Crippen molar-refractivity contribution < 1.29 is 4.79 Å². The molecule has 0 radical (unpaired) electrons. The number of hydrogen-bond donors (Lipinski definition) is 1. The fraction of sp³-hybridized carbons (Fsp3) is 0.826. The number of nitrogens with one attached hydrogen (secondary N) is 1. The Morgan fingerprint density at radius 3 is 1.81 bits per heavy atom. The van der Waals surface area contributed by atoms with Crippen molar-refractivity contribution in [1.82, 2.24) is 10.2 Å². The average Bonchev–Trinajstić information content (AvgIpc) is 2.70. The van der Waals surface area contributed by atoms with Crippen LogP contribution in [0, 0.1) is 11.3 Å². The topological polar surface area (TPSA) is 56.1 Å². The summed E-state index contributed by atoms with van der Waals surface area (Å²) in [6, 6.07) is 2.82. The number of hydrogen-bond acceptors (Lipinski definition) is 3. The third kappa shape index (κ3) is 7.95. The Balaban J connectivity index is 1.89. The molecule has 27 heavy (non-hydrogen) atoms. The Kier molecular flexibility index (Phi) is 10.3. The van der Waals surface area contributed by atoms with E-state index in [1.165, 1.54) is 77.0 Å². The Bertz CT molecular complexity index is 490. The van der Waals surface area contributed by atoms with Gasteiger partial charge in [-0.2, -0.15) is 5.26 Å². The third-order valence-electron chi connectivity index (χ3n) is 6.36. The van der Waals surface area contributed by atoms with E-state index in [1.807, 2.05) is 7.05 Å². The summed E-state index contributed by atoms with van der Waals surface area (Å²) in [7, 11) is 1.86. The lowest BCUT2D eigenvalue weighted by Gasteiger charge is -2.31. The van der Waals surface area contributed by atoms with Crippen LogP contribution in [0.4, 0.5) is 0 Å². The van der Waals surface area contributed by atoms with Crippen LogP contribution in [0.25, 0.3) is 0 Å². The van der Waals surface area contributed by atoms with Crippen LogP contribution in [-0.2, 0) is 4.79 Å². The van der Waals surface area contributed by atoms with Gasteiger partial charge in [0.05, 0.1) is 0 Å². The number of carbonyl (C=O) groups is 1. The number of rotatable bonds is 4. The van der Waals surface area contributed by atoms with Gasteiger partial charge in [-0.05, 0) is 25.7 Å². The Morgan fingerprint density at radius 2 is 1.30 bits per heavy atom. The maximum Gasteiger partial charge on any atom is 0.265 e. The fourth-order valence-corrected chi connectivity index (χ4v) is 4.50. The number of carbonyl (C=O) groups excluding carboxylic acids is 1. The van der Waals surface area contributed by atoms with E-state index in [0.29, 0.717) is 12.1 Å². The quantitative estimate of drug-likeness (QED) is 0.527. The molecule has 0 saturated heterocycles. The Hall–Kier alpha value is -1.50. The summed E-state index contributed by atoms with van der Waals surface area (Å²) in [5, 5.41) is 12.9. The molecule has 2 rings (SSSR count). The summed E-state index contributed by atoms with van der Waals surface area (Å²) < 4.78 is 0. The van der Waals surface area contributed by atoms with Crippen molar-refractivity contribution in [1.29, 1.82) is 5.26 Å². The predicted molar refractivity (Wildman–Crippen MR) is 111 cm³/mol. The van der Waals surface area contributed by atoms with E-state index in [4.69, 9.17) is 0 Å². The summed E-state index contributed by atoms with van der Waals surface area (Å²) in [5.74, 6) is -0.120. The van der Waals surface area contributed by atoms with Gasteiger partial charge in [0.1, 0.15) is 11.6 Å². The molecule has 0 heterocycles. The second-order valence-electron chi connectivity index (χ2n) is 8.50. The maximum absolute atomic E-state index is 12.7. The molecule has 0 aliphatic heterocycles. The molecule has 2 aliphatic rings. The van der Waals surface area contributed by atoms with Gasteiger partial charge in [-0.15, -0.1) is 0 Å². The highest BCUT2D eigenvalue weighted by atomic mass is 16.2.